The van der Waals surface area contributed by atoms with Crippen LogP contribution in [0.4, 0.5) is 0 Å². The van der Waals surface area contributed by atoms with E-state index in [1.807, 2.05) is 25.3 Å². The maximum atomic E-state index is 12.4. The lowest BCUT2D eigenvalue weighted by molar-refractivity contribution is 0.553. The van der Waals surface area contributed by atoms with Gasteiger partial charge in [0.15, 0.2) is 11.2 Å². The Kier molecular flexibility index (Phi) is 3.80. The fourth-order valence-corrected chi connectivity index (χ4v) is 2.50. The highest BCUT2D eigenvalue weighted by Crippen LogP contribution is 2.16. The van der Waals surface area contributed by atoms with E-state index < -0.39 is 0 Å². The molecule has 0 saturated carbocycles. The van der Waals surface area contributed by atoms with Crippen molar-refractivity contribution in [3.05, 3.63) is 26.7 Å². The molecule has 1 unspecified atom stereocenters. The summed E-state index contributed by atoms with van der Waals surface area (Å²) < 4.78 is 4.52. The molecule has 0 aliphatic heterocycles. The van der Waals surface area contributed by atoms with Crippen molar-refractivity contribution in [3.63, 3.8) is 0 Å². The van der Waals surface area contributed by atoms with Gasteiger partial charge in [-0.3, -0.25) is 13.9 Å². The third-order valence-electron chi connectivity index (χ3n) is 3.58. The van der Waals surface area contributed by atoms with Crippen molar-refractivity contribution in [2.24, 2.45) is 12.8 Å². The highest BCUT2D eigenvalue weighted by atomic mass is 16.2. The van der Waals surface area contributed by atoms with Gasteiger partial charge in [0.2, 0.25) is 0 Å². The molecule has 2 aromatic heterocycles. The van der Waals surface area contributed by atoms with Gasteiger partial charge in [0.05, 0.1) is 0 Å². The largest absolute Gasteiger partial charge is 0.332 e. The third kappa shape index (κ3) is 1.98. The molecule has 1 atom stereocenters. The number of hydrogen-bond acceptors (Lipinski definition) is 4. The van der Waals surface area contributed by atoms with Gasteiger partial charge in [-0.05, 0) is 20.3 Å². The quantitative estimate of drug-likeness (QED) is 0.862. The summed E-state index contributed by atoms with van der Waals surface area (Å²) in [7, 11) is 1.50. The Morgan fingerprint density at radius 2 is 2.00 bits per heavy atom. The van der Waals surface area contributed by atoms with Gasteiger partial charge < -0.3 is 10.3 Å². The van der Waals surface area contributed by atoms with E-state index in [-0.39, 0.29) is 17.3 Å². The average Bonchev–Trinajstić information content (AvgIpc) is 2.77. The molecule has 0 radical (unpaired) electrons. The Balaban J connectivity index is 2.97. The number of nitrogens with two attached hydrogens (primary N) is 1. The van der Waals surface area contributed by atoms with Gasteiger partial charge >= 0.3 is 5.69 Å². The number of fused-ring (bicyclic) bond motifs is 1. The van der Waals surface area contributed by atoms with E-state index in [4.69, 9.17) is 5.73 Å². The molecule has 0 aliphatic carbocycles. The summed E-state index contributed by atoms with van der Waals surface area (Å²) in [4.78, 5) is 29.0. The SMILES string of the molecule is CCCn1c(=O)n(C)c(=O)c2c1nc(C)n2C(C)CN. The van der Waals surface area contributed by atoms with Gasteiger partial charge in [-0.25, -0.2) is 9.78 Å². The van der Waals surface area contributed by atoms with Gasteiger partial charge in [-0.15, -0.1) is 0 Å². The van der Waals surface area contributed by atoms with Crippen LogP contribution in [0.15, 0.2) is 9.59 Å². The third-order valence-corrected chi connectivity index (χ3v) is 3.58. The highest BCUT2D eigenvalue weighted by Gasteiger charge is 2.20. The van der Waals surface area contributed by atoms with E-state index in [2.05, 4.69) is 4.98 Å². The molecule has 0 fully saturated rings. The second-order valence-corrected chi connectivity index (χ2v) is 5.08. The molecule has 0 amide bonds. The average molecular weight is 279 g/mol. The Morgan fingerprint density at radius 1 is 1.35 bits per heavy atom. The van der Waals surface area contributed by atoms with Crippen molar-refractivity contribution in [2.75, 3.05) is 6.54 Å². The molecular weight excluding hydrogens is 258 g/mol. The van der Waals surface area contributed by atoms with Crippen molar-refractivity contribution < 1.29 is 0 Å². The summed E-state index contributed by atoms with van der Waals surface area (Å²) in [6.07, 6.45) is 0.797. The molecule has 0 spiro atoms. The summed E-state index contributed by atoms with van der Waals surface area (Å²) in [6.45, 7) is 6.68. The molecule has 2 aromatic rings. The first-order valence-electron chi connectivity index (χ1n) is 6.82. The fraction of sp³-hybridized carbons (Fsp3) is 0.615. The van der Waals surface area contributed by atoms with E-state index in [0.717, 1.165) is 11.0 Å². The Hall–Kier alpha value is -1.89. The van der Waals surface area contributed by atoms with Gasteiger partial charge in [0.1, 0.15) is 5.82 Å². The van der Waals surface area contributed by atoms with Gasteiger partial charge in [0.25, 0.3) is 5.56 Å². The zero-order valence-electron chi connectivity index (χ0n) is 12.4. The van der Waals surface area contributed by atoms with E-state index in [1.165, 1.54) is 7.05 Å². The van der Waals surface area contributed by atoms with Crippen LogP contribution in [0.2, 0.25) is 0 Å². The number of aromatic nitrogens is 4. The Bertz CT molecular complexity index is 753. The van der Waals surface area contributed by atoms with Crippen LogP contribution in [-0.2, 0) is 13.6 Å². The molecule has 2 heterocycles. The molecule has 20 heavy (non-hydrogen) atoms. The summed E-state index contributed by atoms with van der Waals surface area (Å²) >= 11 is 0. The van der Waals surface area contributed by atoms with Crippen LogP contribution in [0.3, 0.4) is 0 Å². The molecule has 0 bridgehead atoms. The first-order chi connectivity index (χ1) is 9.43. The highest BCUT2D eigenvalue weighted by molar-refractivity contribution is 5.71. The van der Waals surface area contributed by atoms with Crippen LogP contribution >= 0.6 is 0 Å². The molecule has 7 heteroatoms. The lowest BCUT2D eigenvalue weighted by Gasteiger charge is -2.14. The van der Waals surface area contributed by atoms with Gasteiger partial charge in [-0.2, -0.15) is 0 Å². The van der Waals surface area contributed by atoms with Crippen molar-refractivity contribution in [2.45, 2.75) is 39.8 Å². The number of aryl methyl sites for hydroxylation is 2. The lowest BCUT2D eigenvalue weighted by atomic mass is 10.3. The maximum Gasteiger partial charge on any atom is 0.332 e. The van der Waals surface area contributed by atoms with Crippen LogP contribution in [0, 0.1) is 6.92 Å². The number of nitrogens with zero attached hydrogens (tertiary/aromatic N) is 4. The predicted molar refractivity (Wildman–Crippen MR) is 78.0 cm³/mol. The zero-order valence-corrected chi connectivity index (χ0v) is 12.4. The second-order valence-electron chi connectivity index (χ2n) is 5.08. The van der Waals surface area contributed by atoms with Gasteiger partial charge in [-0.1, -0.05) is 6.92 Å². The fourth-order valence-electron chi connectivity index (χ4n) is 2.50. The molecule has 2 rings (SSSR count). The van der Waals surface area contributed by atoms with Crippen LogP contribution in [0.1, 0.15) is 32.1 Å². The second kappa shape index (κ2) is 5.24. The summed E-state index contributed by atoms with van der Waals surface area (Å²) in [5, 5.41) is 0. The van der Waals surface area contributed by atoms with Crippen molar-refractivity contribution in [1.29, 1.82) is 0 Å². The van der Waals surface area contributed by atoms with Crippen LogP contribution in [0.5, 0.6) is 0 Å². The van der Waals surface area contributed by atoms with E-state index in [0.29, 0.717) is 30.1 Å². The summed E-state index contributed by atoms with van der Waals surface area (Å²) in [6, 6.07) is -0.0414. The van der Waals surface area contributed by atoms with Crippen molar-refractivity contribution in [1.82, 2.24) is 18.7 Å². The number of hydrogen-bond donors (Lipinski definition) is 1. The van der Waals surface area contributed by atoms with E-state index in [1.54, 1.807) is 4.57 Å². The first kappa shape index (κ1) is 14.5. The first-order valence-corrected chi connectivity index (χ1v) is 6.82. The molecular formula is C13H21N5O2. The molecule has 110 valence electrons. The molecule has 0 aliphatic rings. The normalized spacial score (nSPS) is 13.1. The van der Waals surface area contributed by atoms with E-state index >= 15 is 0 Å². The van der Waals surface area contributed by atoms with Crippen LogP contribution in [0.25, 0.3) is 11.2 Å². The Labute approximate surface area is 116 Å². The minimum atomic E-state index is -0.325. The zero-order chi connectivity index (χ0) is 15.0. The molecule has 0 aromatic carbocycles. The predicted octanol–water partition coefficient (Wildman–Crippen LogP) is 0.135. The standard InChI is InChI=1S/C13H21N5O2/c1-5-6-17-11-10(12(19)16(4)13(17)20)18(8(2)7-14)9(3)15-11/h8H,5-7,14H2,1-4H3. The number of rotatable bonds is 4. The summed E-state index contributed by atoms with van der Waals surface area (Å²) in [5.41, 5.74) is 5.98. The topological polar surface area (TPSA) is 87.8 Å². The van der Waals surface area contributed by atoms with E-state index in [9.17, 15) is 9.59 Å². The minimum Gasteiger partial charge on any atom is -0.328 e. The molecule has 2 N–H and O–H groups in total. The lowest BCUT2D eigenvalue weighted by Crippen LogP contribution is -2.39. The van der Waals surface area contributed by atoms with Gasteiger partial charge in [0, 0.05) is 26.2 Å². The smallest absolute Gasteiger partial charge is 0.328 e. The monoisotopic (exact) mass is 279 g/mol. The molecule has 0 saturated heterocycles. The maximum absolute atomic E-state index is 12.4. The molecule has 7 nitrogen and oxygen atoms in total. The van der Waals surface area contributed by atoms with Crippen LogP contribution < -0.4 is 17.0 Å². The minimum absolute atomic E-state index is 0.0414. The van der Waals surface area contributed by atoms with Crippen LogP contribution in [-0.4, -0.2) is 25.2 Å². The Morgan fingerprint density at radius 3 is 2.55 bits per heavy atom. The number of imidazole rings is 1. The van der Waals surface area contributed by atoms with Crippen molar-refractivity contribution >= 4 is 11.2 Å². The summed E-state index contributed by atoms with van der Waals surface area (Å²) in [5.74, 6) is 0.700. The van der Waals surface area contributed by atoms with Crippen molar-refractivity contribution in [3.8, 4) is 0 Å².